The monoisotopic (exact) mass is 348 g/mol. The van der Waals surface area contributed by atoms with Crippen molar-refractivity contribution in [2.75, 3.05) is 5.32 Å². The maximum absolute atomic E-state index is 12.6. The van der Waals surface area contributed by atoms with Crippen molar-refractivity contribution in [3.63, 3.8) is 0 Å². The van der Waals surface area contributed by atoms with Gasteiger partial charge in [-0.25, -0.2) is 9.37 Å². The molecule has 1 amide bonds. The highest BCUT2D eigenvalue weighted by molar-refractivity contribution is 14.1. The summed E-state index contributed by atoms with van der Waals surface area (Å²) in [4.78, 5) is 15.4. The highest BCUT2D eigenvalue weighted by atomic mass is 127. The Balaban J connectivity index is 2.10. The summed E-state index contributed by atoms with van der Waals surface area (Å²) in [6, 6.07) is 4.45. The molecule has 2 aromatic heterocycles. The van der Waals surface area contributed by atoms with Crippen LogP contribution in [0, 0.1) is 8.70 Å². The van der Waals surface area contributed by atoms with Crippen molar-refractivity contribution >= 4 is 45.7 Å². The number of halogens is 2. The lowest BCUT2D eigenvalue weighted by molar-refractivity contribution is 0.102. The zero-order chi connectivity index (χ0) is 11.5. The molecule has 0 spiro atoms. The number of carbonyl (C=O) groups is 1. The molecule has 0 unspecified atom stereocenters. The van der Waals surface area contributed by atoms with E-state index in [0.29, 0.717) is 11.4 Å². The van der Waals surface area contributed by atoms with Crippen LogP contribution in [0.2, 0.25) is 0 Å². The molecular formula is C10H6FIN2OS. The molecule has 0 bridgehead atoms. The van der Waals surface area contributed by atoms with Crippen LogP contribution in [-0.2, 0) is 0 Å². The molecule has 2 aromatic rings. The van der Waals surface area contributed by atoms with E-state index in [1.54, 1.807) is 11.4 Å². The molecule has 0 aliphatic rings. The van der Waals surface area contributed by atoms with Crippen molar-refractivity contribution in [1.29, 1.82) is 0 Å². The smallest absolute Gasteiger partial charge is 0.257 e. The minimum Gasteiger partial charge on any atom is -0.307 e. The van der Waals surface area contributed by atoms with E-state index in [1.165, 1.54) is 23.5 Å². The van der Waals surface area contributed by atoms with E-state index in [2.05, 4.69) is 32.9 Å². The number of nitrogens with one attached hydrogen (secondary N) is 1. The van der Waals surface area contributed by atoms with Crippen LogP contribution < -0.4 is 5.32 Å². The largest absolute Gasteiger partial charge is 0.307 e. The summed E-state index contributed by atoms with van der Waals surface area (Å²) in [5.41, 5.74) is 0.584. The molecular weight excluding hydrogens is 342 g/mol. The second-order valence-corrected chi connectivity index (χ2v) is 5.76. The Labute approximate surface area is 109 Å². The molecule has 2 heterocycles. The highest BCUT2D eigenvalue weighted by Gasteiger charge is 2.08. The lowest BCUT2D eigenvalue weighted by atomic mass is 10.3. The van der Waals surface area contributed by atoms with Crippen molar-refractivity contribution in [3.8, 4) is 0 Å². The van der Waals surface area contributed by atoms with Gasteiger partial charge in [0.1, 0.15) is 11.6 Å². The number of carbonyl (C=O) groups excluding carboxylic acids is 1. The number of aromatic nitrogens is 1. The first kappa shape index (κ1) is 11.5. The Morgan fingerprint density at radius 2 is 2.31 bits per heavy atom. The SMILES string of the molecule is O=C(Nc1ccc(F)cn1)c1csc(I)c1. The molecule has 0 fully saturated rings. The number of hydrogen-bond donors (Lipinski definition) is 1. The zero-order valence-corrected chi connectivity index (χ0v) is 10.9. The topological polar surface area (TPSA) is 42.0 Å². The van der Waals surface area contributed by atoms with Crippen LogP contribution in [0.15, 0.2) is 29.8 Å². The van der Waals surface area contributed by atoms with Gasteiger partial charge in [0, 0.05) is 5.38 Å². The summed E-state index contributed by atoms with van der Waals surface area (Å²) < 4.78 is 13.6. The molecule has 1 N–H and O–H groups in total. The lowest BCUT2D eigenvalue weighted by Gasteiger charge is -2.01. The van der Waals surface area contributed by atoms with Crippen molar-refractivity contribution in [1.82, 2.24) is 4.98 Å². The van der Waals surface area contributed by atoms with Crippen molar-refractivity contribution in [3.05, 3.63) is 44.0 Å². The van der Waals surface area contributed by atoms with E-state index < -0.39 is 5.82 Å². The number of anilines is 1. The lowest BCUT2D eigenvalue weighted by Crippen LogP contribution is -2.11. The number of thiophene rings is 1. The fourth-order valence-electron chi connectivity index (χ4n) is 1.07. The summed E-state index contributed by atoms with van der Waals surface area (Å²) in [6.07, 6.45) is 1.06. The average molecular weight is 348 g/mol. The Morgan fingerprint density at radius 1 is 1.50 bits per heavy atom. The van der Waals surface area contributed by atoms with Gasteiger partial charge >= 0.3 is 0 Å². The first-order valence-corrected chi connectivity index (χ1v) is 6.28. The molecule has 0 saturated heterocycles. The van der Waals surface area contributed by atoms with Gasteiger partial charge in [-0.3, -0.25) is 4.79 Å². The molecule has 0 aromatic carbocycles. The second kappa shape index (κ2) is 4.88. The molecule has 0 atom stereocenters. The number of nitrogens with zero attached hydrogens (tertiary/aromatic N) is 1. The fourth-order valence-corrected chi connectivity index (χ4v) is 2.39. The zero-order valence-electron chi connectivity index (χ0n) is 7.91. The number of pyridine rings is 1. The number of amides is 1. The summed E-state index contributed by atoms with van der Waals surface area (Å²) in [5, 5.41) is 4.35. The van der Waals surface area contributed by atoms with Gasteiger partial charge in [0.2, 0.25) is 0 Å². The Morgan fingerprint density at radius 3 is 2.88 bits per heavy atom. The molecule has 0 saturated carbocycles. The average Bonchev–Trinajstić information content (AvgIpc) is 2.68. The molecule has 2 rings (SSSR count). The van der Waals surface area contributed by atoms with Crippen LogP contribution in [0.4, 0.5) is 10.2 Å². The third kappa shape index (κ3) is 2.76. The maximum atomic E-state index is 12.6. The molecule has 82 valence electrons. The van der Waals surface area contributed by atoms with E-state index in [9.17, 15) is 9.18 Å². The van der Waals surface area contributed by atoms with Crippen LogP contribution >= 0.6 is 33.9 Å². The molecule has 0 aliphatic carbocycles. The van der Waals surface area contributed by atoms with Crippen LogP contribution in [0.5, 0.6) is 0 Å². The van der Waals surface area contributed by atoms with Gasteiger partial charge in [-0.15, -0.1) is 11.3 Å². The Kier molecular flexibility index (Phi) is 3.49. The van der Waals surface area contributed by atoms with Crippen molar-refractivity contribution < 1.29 is 9.18 Å². The summed E-state index contributed by atoms with van der Waals surface area (Å²) >= 11 is 3.63. The second-order valence-electron chi connectivity index (χ2n) is 2.96. The highest BCUT2D eigenvalue weighted by Crippen LogP contribution is 2.17. The fraction of sp³-hybridized carbons (Fsp3) is 0. The van der Waals surface area contributed by atoms with E-state index in [-0.39, 0.29) is 5.91 Å². The Bertz CT molecular complexity index is 512. The van der Waals surface area contributed by atoms with Crippen LogP contribution in [0.25, 0.3) is 0 Å². The van der Waals surface area contributed by atoms with Gasteiger partial charge in [-0.2, -0.15) is 0 Å². The quantitative estimate of drug-likeness (QED) is 0.848. The summed E-state index contributed by atoms with van der Waals surface area (Å²) in [5.74, 6) is -0.325. The van der Waals surface area contributed by atoms with Gasteiger partial charge in [-0.05, 0) is 40.8 Å². The standard InChI is InChI=1S/C10H6FIN2OS/c11-7-1-2-9(13-4-7)14-10(15)6-3-8(12)16-5-6/h1-5H,(H,13,14,15). The summed E-state index contributed by atoms with van der Waals surface area (Å²) in [6.45, 7) is 0. The van der Waals surface area contributed by atoms with Crippen LogP contribution in [-0.4, -0.2) is 10.9 Å². The third-order valence-corrected chi connectivity index (χ3v) is 3.59. The van der Waals surface area contributed by atoms with E-state index in [1.807, 2.05) is 0 Å². The van der Waals surface area contributed by atoms with Crippen LogP contribution in [0.3, 0.4) is 0 Å². The number of rotatable bonds is 2. The van der Waals surface area contributed by atoms with Crippen LogP contribution in [0.1, 0.15) is 10.4 Å². The molecule has 0 aliphatic heterocycles. The van der Waals surface area contributed by atoms with E-state index >= 15 is 0 Å². The summed E-state index contributed by atoms with van der Waals surface area (Å²) in [7, 11) is 0. The van der Waals surface area contributed by atoms with E-state index in [4.69, 9.17) is 0 Å². The molecule has 3 nitrogen and oxygen atoms in total. The molecule has 0 radical (unpaired) electrons. The number of hydrogen-bond acceptors (Lipinski definition) is 3. The minimum atomic E-state index is -0.428. The molecule has 16 heavy (non-hydrogen) atoms. The minimum absolute atomic E-state index is 0.238. The van der Waals surface area contributed by atoms with Gasteiger partial charge < -0.3 is 5.32 Å². The van der Waals surface area contributed by atoms with Crippen molar-refractivity contribution in [2.24, 2.45) is 0 Å². The van der Waals surface area contributed by atoms with Gasteiger partial charge in [0.25, 0.3) is 5.91 Å². The van der Waals surface area contributed by atoms with Gasteiger partial charge in [0.05, 0.1) is 14.6 Å². The predicted octanol–water partition coefficient (Wildman–Crippen LogP) is 3.14. The van der Waals surface area contributed by atoms with E-state index in [0.717, 1.165) is 9.08 Å². The molecule has 6 heteroatoms. The predicted molar refractivity (Wildman–Crippen MR) is 69.2 cm³/mol. The first-order chi connectivity index (χ1) is 7.65. The van der Waals surface area contributed by atoms with Gasteiger partial charge in [0.15, 0.2) is 0 Å². The van der Waals surface area contributed by atoms with Gasteiger partial charge in [-0.1, -0.05) is 0 Å². The Hall–Kier alpha value is -1.02. The normalized spacial score (nSPS) is 10.1. The maximum Gasteiger partial charge on any atom is 0.257 e. The third-order valence-electron chi connectivity index (χ3n) is 1.80. The van der Waals surface area contributed by atoms with Crippen molar-refractivity contribution in [2.45, 2.75) is 0 Å². The first-order valence-electron chi connectivity index (χ1n) is 4.32.